The van der Waals surface area contributed by atoms with Gasteiger partial charge >= 0.3 is 5.97 Å². The van der Waals surface area contributed by atoms with Crippen LogP contribution in [0.3, 0.4) is 0 Å². The lowest BCUT2D eigenvalue weighted by atomic mass is 9.47. The van der Waals surface area contributed by atoms with Crippen LogP contribution in [-0.4, -0.2) is 40.6 Å². The van der Waals surface area contributed by atoms with Crippen LogP contribution in [0.25, 0.3) is 0 Å². The van der Waals surface area contributed by atoms with Gasteiger partial charge in [0.05, 0.1) is 18.6 Å². The van der Waals surface area contributed by atoms with Crippen molar-refractivity contribution in [3.63, 3.8) is 0 Å². The number of carbonyl (C=O) groups excluding carboxylic acids is 2. The zero-order valence-electron chi connectivity index (χ0n) is 17.4. The molecule has 2 unspecified atom stereocenters. The number of carbonyl (C=O) groups is 2. The van der Waals surface area contributed by atoms with Crippen LogP contribution < -0.4 is 0 Å². The Labute approximate surface area is 171 Å². The van der Waals surface area contributed by atoms with Gasteiger partial charge in [-0.2, -0.15) is 5.01 Å². The van der Waals surface area contributed by atoms with E-state index < -0.39 is 5.54 Å². The molecule has 1 aliphatic heterocycles. The highest BCUT2D eigenvalue weighted by molar-refractivity contribution is 5.90. The summed E-state index contributed by atoms with van der Waals surface area (Å²) in [7, 11) is 1.49. The number of hydrogen-bond acceptors (Lipinski definition) is 4. The molecule has 6 rings (SSSR count). The fraction of sp³-hybridized carbons (Fsp3) is 0.652. The predicted octanol–water partition coefficient (Wildman–Crippen LogP) is 3.53. The lowest BCUT2D eigenvalue weighted by Gasteiger charge is -2.66. The van der Waals surface area contributed by atoms with Crippen LogP contribution in [0.2, 0.25) is 0 Å². The molecule has 4 aliphatic carbocycles. The van der Waals surface area contributed by atoms with Crippen molar-refractivity contribution < 1.29 is 18.7 Å². The lowest BCUT2D eigenvalue weighted by molar-refractivity contribution is -0.257. The number of amides is 1. The van der Waals surface area contributed by atoms with E-state index in [4.69, 9.17) is 4.74 Å². The van der Waals surface area contributed by atoms with Crippen molar-refractivity contribution in [1.82, 2.24) is 10.0 Å². The first kappa shape index (κ1) is 19.0. The van der Waals surface area contributed by atoms with Crippen molar-refractivity contribution >= 4 is 11.9 Å². The number of methoxy groups -OCH3 is 1. The summed E-state index contributed by atoms with van der Waals surface area (Å²) in [6.07, 6.45) is 4.78. The Hall–Kier alpha value is -1.95. The van der Waals surface area contributed by atoms with Crippen LogP contribution in [0.5, 0.6) is 0 Å². The number of hydrazine groups is 1. The van der Waals surface area contributed by atoms with Gasteiger partial charge in [-0.3, -0.25) is 14.6 Å². The van der Waals surface area contributed by atoms with E-state index in [0.717, 1.165) is 37.7 Å². The van der Waals surface area contributed by atoms with Gasteiger partial charge in [0.2, 0.25) is 0 Å². The first-order valence-electron chi connectivity index (χ1n) is 10.7. The van der Waals surface area contributed by atoms with Crippen molar-refractivity contribution in [2.75, 3.05) is 7.11 Å². The van der Waals surface area contributed by atoms with E-state index in [0.29, 0.717) is 24.3 Å². The second-order valence-electron chi connectivity index (χ2n) is 10.1. The van der Waals surface area contributed by atoms with Crippen LogP contribution in [-0.2, 0) is 20.9 Å². The minimum atomic E-state index is -0.566. The second kappa shape index (κ2) is 6.27. The number of rotatable bonds is 4. The van der Waals surface area contributed by atoms with Gasteiger partial charge in [-0.05, 0) is 81.4 Å². The summed E-state index contributed by atoms with van der Waals surface area (Å²) >= 11 is 0. The van der Waals surface area contributed by atoms with E-state index in [1.54, 1.807) is 12.1 Å². The number of ether oxygens (including phenoxy) is 1. The van der Waals surface area contributed by atoms with Crippen LogP contribution in [0.1, 0.15) is 51.5 Å². The standard InChI is InChI=1S/C23H29FN2O3/c1-22(2)20(27)26(25(22)13-14-4-6-18(24)7-5-14)19-16-8-15-9-17(19)12-23(10-15,11-16)21(28)29-3/h4-7,15-17,19H,8-13H2,1-3H3. The summed E-state index contributed by atoms with van der Waals surface area (Å²) in [4.78, 5) is 25.7. The minimum Gasteiger partial charge on any atom is -0.469 e. The normalized spacial score (nSPS) is 37.5. The van der Waals surface area contributed by atoms with E-state index in [1.165, 1.54) is 19.2 Å². The van der Waals surface area contributed by atoms with Crippen molar-refractivity contribution in [2.24, 2.45) is 23.2 Å². The summed E-state index contributed by atoms with van der Waals surface area (Å²) in [5.41, 5.74) is 0.0857. The molecule has 5 fully saturated rings. The van der Waals surface area contributed by atoms with Gasteiger partial charge in [-0.1, -0.05) is 12.1 Å². The molecule has 29 heavy (non-hydrogen) atoms. The molecular weight excluding hydrogens is 371 g/mol. The summed E-state index contributed by atoms with van der Waals surface area (Å²) in [5.74, 6) is 1.10. The fourth-order valence-electron chi connectivity index (χ4n) is 6.92. The van der Waals surface area contributed by atoms with Crippen LogP contribution in [0, 0.1) is 29.0 Å². The van der Waals surface area contributed by atoms with Gasteiger partial charge in [0.1, 0.15) is 11.4 Å². The zero-order valence-corrected chi connectivity index (χ0v) is 17.4. The maximum absolute atomic E-state index is 13.3. The molecule has 1 heterocycles. The first-order valence-corrected chi connectivity index (χ1v) is 10.7. The molecule has 1 saturated heterocycles. The third-order valence-electron chi connectivity index (χ3n) is 8.01. The number of nitrogens with zero attached hydrogens (tertiary/aromatic N) is 2. The Kier molecular flexibility index (Phi) is 4.12. The molecule has 2 atom stereocenters. The monoisotopic (exact) mass is 400 g/mol. The molecule has 0 radical (unpaired) electrons. The minimum absolute atomic E-state index is 0.0613. The van der Waals surface area contributed by atoms with Crippen LogP contribution in [0.4, 0.5) is 4.39 Å². The average Bonchev–Trinajstić information content (AvgIpc) is 2.69. The molecule has 1 amide bonds. The highest BCUT2D eigenvalue weighted by Gasteiger charge is 2.65. The Morgan fingerprint density at radius 1 is 1.14 bits per heavy atom. The smallest absolute Gasteiger partial charge is 0.311 e. The van der Waals surface area contributed by atoms with E-state index >= 15 is 0 Å². The van der Waals surface area contributed by atoms with Gasteiger partial charge < -0.3 is 4.74 Å². The maximum atomic E-state index is 13.3. The Morgan fingerprint density at radius 2 is 1.76 bits per heavy atom. The Morgan fingerprint density at radius 3 is 2.34 bits per heavy atom. The second-order valence-corrected chi connectivity index (χ2v) is 10.1. The predicted molar refractivity (Wildman–Crippen MR) is 105 cm³/mol. The fourth-order valence-corrected chi connectivity index (χ4v) is 6.92. The van der Waals surface area contributed by atoms with Gasteiger partial charge in [-0.15, -0.1) is 0 Å². The van der Waals surface area contributed by atoms with Crippen molar-refractivity contribution in [1.29, 1.82) is 0 Å². The van der Waals surface area contributed by atoms with E-state index in [-0.39, 0.29) is 29.2 Å². The zero-order chi connectivity index (χ0) is 20.6. The molecule has 6 heteroatoms. The molecule has 4 saturated carbocycles. The molecule has 1 aromatic carbocycles. The van der Waals surface area contributed by atoms with Crippen molar-refractivity contribution in [3.8, 4) is 0 Å². The van der Waals surface area contributed by atoms with Gasteiger partial charge in [0, 0.05) is 6.54 Å². The molecule has 156 valence electrons. The van der Waals surface area contributed by atoms with E-state index in [2.05, 4.69) is 5.01 Å². The van der Waals surface area contributed by atoms with Crippen LogP contribution >= 0.6 is 0 Å². The van der Waals surface area contributed by atoms with E-state index in [1.807, 2.05) is 18.9 Å². The van der Waals surface area contributed by atoms with Crippen molar-refractivity contribution in [3.05, 3.63) is 35.6 Å². The van der Waals surface area contributed by atoms with E-state index in [9.17, 15) is 14.0 Å². The number of halogens is 1. The first-order chi connectivity index (χ1) is 13.7. The molecule has 0 N–H and O–H groups in total. The van der Waals surface area contributed by atoms with Crippen molar-refractivity contribution in [2.45, 2.75) is 64.1 Å². The summed E-state index contributed by atoms with van der Waals surface area (Å²) < 4.78 is 18.5. The largest absolute Gasteiger partial charge is 0.469 e. The molecule has 5 aliphatic rings. The number of benzene rings is 1. The Bertz CT molecular complexity index is 836. The molecule has 0 aromatic heterocycles. The third kappa shape index (κ3) is 2.68. The highest BCUT2D eigenvalue weighted by Crippen LogP contribution is 2.62. The third-order valence-corrected chi connectivity index (χ3v) is 8.01. The molecular formula is C23H29FN2O3. The molecule has 1 aromatic rings. The SMILES string of the molecule is COC(=O)C12CC3CC(C1)C(N1C(=O)C(C)(C)N1Cc1ccc(F)cc1)C(C3)C2. The number of esters is 1. The topological polar surface area (TPSA) is 49.9 Å². The molecule has 4 bridgehead atoms. The molecule has 5 nitrogen and oxygen atoms in total. The summed E-state index contributed by atoms with van der Waals surface area (Å²) in [6, 6.07) is 6.67. The Balaban J connectivity index is 1.42. The van der Waals surface area contributed by atoms with Crippen LogP contribution in [0.15, 0.2) is 24.3 Å². The molecule has 0 spiro atoms. The maximum Gasteiger partial charge on any atom is 0.311 e. The summed E-state index contributed by atoms with van der Waals surface area (Å²) in [6.45, 7) is 4.50. The van der Waals surface area contributed by atoms with Gasteiger partial charge in [0.25, 0.3) is 5.91 Å². The number of hydrogen-bond donors (Lipinski definition) is 0. The average molecular weight is 400 g/mol. The van der Waals surface area contributed by atoms with Gasteiger partial charge in [-0.25, -0.2) is 4.39 Å². The highest BCUT2D eigenvalue weighted by atomic mass is 19.1. The van der Waals surface area contributed by atoms with Gasteiger partial charge in [0.15, 0.2) is 0 Å². The quantitative estimate of drug-likeness (QED) is 0.726. The lowest BCUT2D eigenvalue weighted by Crippen LogP contribution is -2.79. The summed E-state index contributed by atoms with van der Waals surface area (Å²) in [5, 5.41) is 4.14.